The van der Waals surface area contributed by atoms with Crippen LogP contribution in [0.5, 0.6) is 11.6 Å². The number of nitrogens with zero attached hydrogens (tertiary/aromatic N) is 4. The molecule has 0 unspecified atom stereocenters. The van der Waals surface area contributed by atoms with Crippen LogP contribution in [-0.2, 0) is 0 Å². The van der Waals surface area contributed by atoms with E-state index in [-0.39, 0.29) is 5.69 Å². The average Bonchev–Trinajstić information content (AvgIpc) is 3.17. The number of amides is 2. The second-order valence-corrected chi connectivity index (χ2v) is 6.79. The van der Waals surface area contributed by atoms with Crippen LogP contribution in [0.1, 0.15) is 11.6 Å². The number of aromatic nitrogens is 4. The van der Waals surface area contributed by atoms with Crippen molar-refractivity contribution in [3.8, 4) is 17.4 Å². The van der Waals surface area contributed by atoms with E-state index in [9.17, 15) is 13.6 Å². The number of imidazole rings is 1. The van der Waals surface area contributed by atoms with Gasteiger partial charge in [0.1, 0.15) is 34.9 Å². The van der Waals surface area contributed by atoms with Crippen LogP contribution in [0.3, 0.4) is 0 Å². The Hall–Kier alpha value is -4.34. The number of aryl methyl sites for hydroxylation is 2. The Labute approximate surface area is 181 Å². The van der Waals surface area contributed by atoms with Crippen molar-refractivity contribution in [1.29, 1.82) is 0 Å². The molecular weight excluding hydrogens is 418 g/mol. The molecule has 0 aliphatic carbocycles. The molecule has 2 N–H and O–H groups in total. The monoisotopic (exact) mass is 436 g/mol. The number of benzene rings is 2. The van der Waals surface area contributed by atoms with E-state index in [0.717, 1.165) is 18.0 Å². The van der Waals surface area contributed by atoms with E-state index in [2.05, 4.69) is 25.6 Å². The third-order valence-electron chi connectivity index (χ3n) is 4.39. The Morgan fingerprint density at radius 1 is 1.00 bits per heavy atom. The summed E-state index contributed by atoms with van der Waals surface area (Å²) in [5.41, 5.74) is 0.317. The van der Waals surface area contributed by atoms with Gasteiger partial charge in [0.15, 0.2) is 0 Å². The van der Waals surface area contributed by atoms with Gasteiger partial charge in [0.05, 0.1) is 5.69 Å². The van der Waals surface area contributed by atoms with Crippen molar-refractivity contribution < 1.29 is 18.3 Å². The molecule has 2 aromatic carbocycles. The highest BCUT2D eigenvalue weighted by Gasteiger charge is 2.10. The van der Waals surface area contributed by atoms with Crippen molar-refractivity contribution in [3.05, 3.63) is 84.2 Å². The normalized spacial score (nSPS) is 10.6. The van der Waals surface area contributed by atoms with E-state index >= 15 is 0 Å². The first kappa shape index (κ1) is 20.9. The fourth-order valence-electron chi connectivity index (χ4n) is 2.92. The molecule has 10 heteroatoms. The maximum Gasteiger partial charge on any atom is 0.323 e. The van der Waals surface area contributed by atoms with E-state index < -0.39 is 17.7 Å². The van der Waals surface area contributed by atoms with Gasteiger partial charge in [0.2, 0.25) is 5.88 Å². The SMILES string of the molecule is Cc1nc(Oc2ccc(NC(=O)Nc3ccc(F)cc3F)cc2)cc(-n2ccnc2C)n1. The van der Waals surface area contributed by atoms with Gasteiger partial charge in [-0.05, 0) is 50.2 Å². The Morgan fingerprint density at radius 3 is 2.47 bits per heavy atom. The van der Waals surface area contributed by atoms with E-state index in [4.69, 9.17) is 4.74 Å². The molecule has 0 saturated carbocycles. The number of anilines is 2. The number of rotatable bonds is 5. The molecular formula is C22H18F2N6O2. The Kier molecular flexibility index (Phi) is 5.75. The van der Waals surface area contributed by atoms with Gasteiger partial charge < -0.3 is 15.4 Å². The molecule has 2 amide bonds. The molecule has 162 valence electrons. The standard InChI is InChI=1S/C22H18F2N6O2/c1-13-26-20(30-10-9-25-14(30)2)12-21(27-13)32-17-6-4-16(5-7-17)28-22(31)29-19-8-3-15(23)11-18(19)24/h3-12H,1-2H3,(H2,28,29,31). The minimum atomic E-state index is -0.866. The predicted molar refractivity (Wildman–Crippen MR) is 114 cm³/mol. The summed E-state index contributed by atoms with van der Waals surface area (Å²) in [7, 11) is 0. The lowest BCUT2D eigenvalue weighted by Gasteiger charge is -2.11. The highest BCUT2D eigenvalue weighted by Crippen LogP contribution is 2.24. The Morgan fingerprint density at radius 2 is 1.78 bits per heavy atom. The number of halogens is 2. The minimum Gasteiger partial charge on any atom is -0.439 e. The lowest BCUT2D eigenvalue weighted by molar-refractivity contribution is 0.262. The summed E-state index contributed by atoms with van der Waals surface area (Å²) < 4.78 is 34.3. The molecule has 0 aliphatic heterocycles. The summed E-state index contributed by atoms with van der Waals surface area (Å²) in [6.07, 6.45) is 3.48. The van der Waals surface area contributed by atoms with E-state index in [1.165, 1.54) is 0 Å². The molecule has 0 saturated heterocycles. The lowest BCUT2D eigenvalue weighted by atomic mass is 10.3. The number of carbonyl (C=O) groups is 1. The molecule has 0 bridgehead atoms. The Bertz CT molecular complexity index is 1270. The first-order chi connectivity index (χ1) is 15.4. The van der Waals surface area contributed by atoms with Crippen molar-refractivity contribution in [2.75, 3.05) is 10.6 Å². The molecule has 0 radical (unpaired) electrons. The number of hydrogen-bond donors (Lipinski definition) is 2. The first-order valence-corrected chi connectivity index (χ1v) is 9.54. The molecule has 4 aromatic rings. The smallest absolute Gasteiger partial charge is 0.323 e. The summed E-state index contributed by atoms with van der Waals surface area (Å²) in [4.78, 5) is 25.0. The summed E-state index contributed by atoms with van der Waals surface area (Å²) in [5, 5.41) is 4.89. The van der Waals surface area contributed by atoms with Gasteiger partial charge in [-0.25, -0.2) is 23.5 Å². The molecule has 2 heterocycles. The first-order valence-electron chi connectivity index (χ1n) is 9.54. The largest absolute Gasteiger partial charge is 0.439 e. The van der Waals surface area contributed by atoms with Crippen LogP contribution in [0.4, 0.5) is 25.0 Å². The molecule has 0 fully saturated rings. The number of carbonyl (C=O) groups excluding carboxylic acids is 1. The summed E-state index contributed by atoms with van der Waals surface area (Å²) in [5.74, 6) is 1.20. The zero-order chi connectivity index (χ0) is 22.7. The molecule has 2 aromatic heterocycles. The van der Waals surface area contributed by atoms with E-state index in [0.29, 0.717) is 35.0 Å². The fraction of sp³-hybridized carbons (Fsp3) is 0.0909. The van der Waals surface area contributed by atoms with Gasteiger partial charge in [-0.2, -0.15) is 4.98 Å². The van der Waals surface area contributed by atoms with Gasteiger partial charge in [-0.3, -0.25) is 4.57 Å². The number of hydrogen-bond acceptors (Lipinski definition) is 5. The van der Waals surface area contributed by atoms with Crippen molar-refractivity contribution in [2.45, 2.75) is 13.8 Å². The van der Waals surface area contributed by atoms with E-state index in [1.54, 1.807) is 49.6 Å². The zero-order valence-electron chi connectivity index (χ0n) is 17.1. The summed E-state index contributed by atoms with van der Waals surface area (Å²) in [6, 6.07) is 10.4. The average molecular weight is 436 g/mol. The van der Waals surface area contributed by atoms with Crippen molar-refractivity contribution in [1.82, 2.24) is 19.5 Å². The van der Waals surface area contributed by atoms with Gasteiger partial charge in [-0.15, -0.1) is 0 Å². The number of nitrogens with one attached hydrogen (secondary N) is 2. The molecule has 0 atom stereocenters. The quantitative estimate of drug-likeness (QED) is 0.460. The van der Waals surface area contributed by atoms with Gasteiger partial charge in [0.25, 0.3) is 0 Å². The number of urea groups is 1. The lowest BCUT2D eigenvalue weighted by Crippen LogP contribution is -2.20. The van der Waals surface area contributed by atoms with Gasteiger partial charge in [0, 0.05) is 30.2 Å². The highest BCUT2D eigenvalue weighted by atomic mass is 19.1. The summed E-state index contributed by atoms with van der Waals surface area (Å²) >= 11 is 0. The maximum absolute atomic E-state index is 13.7. The van der Waals surface area contributed by atoms with Crippen LogP contribution < -0.4 is 15.4 Å². The molecule has 8 nitrogen and oxygen atoms in total. The van der Waals surface area contributed by atoms with E-state index in [1.807, 2.05) is 11.5 Å². The maximum atomic E-state index is 13.7. The van der Waals surface area contributed by atoms with Crippen molar-refractivity contribution in [3.63, 3.8) is 0 Å². The molecule has 0 spiro atoms. The van der Waals surface area contributed by atoms with Crippen LogP contribution in [-0.4, -0.2) is 25.6 Å². The molecule has 4 rings (SSSR count). The van der Waals surface area contributed by atoms with Crippen LogP contribution in [0.15, 0.2) is 60.9 Å². The third kappa shape index (κ3) is 4.86. The minimum absolute atomic E-state index is 0.132. The second-order valence-electron chi connectivity index (χ2n) is 6.79. The zero-order valence-corrected chi connectivity index (χ0v) is 17.1. The molecule has 0 aliphatic rings. The highest BCUT2D eigenvalue weighted by molar-refractivity contribution is 5.99. The topological polar surface area (TPSA) is 94.0 Å². The third-order valence-corrected chi connectivity index (χ3v) is 4.39. The summed E-state index contributed by atoms with van der Waals surface area (Å²) in [6.45, 7) is 3.63. The van der Waals surface area contributed by atoms with Gasteiger partial charge in [-0.1, -0.05) is 0 Å². The Balaban J connectivity index is 1.42. The van der Waals surface area contributed by atoms with Crippen LogP contribution >= 0.6 is 0 Å². The van der Waals surface area contributed by atoms with Crippen molar-refractivity contribution in [2.24, 2.45) is 0 Å². The van der Waals surface area contributed by atoms with Gasteiger partial charge >= 0.3 is 6.03 Å². The second kappa shape index (κ2) is 8.80. The van der Waals surface area contributed by atoms with Crippen molar-refractivity contribution >= 4 is 17.4 Å². The fourth-order valence-corrected chi connectivity index (χ4v) is 2.92. The van der Waals surface area contributed by atoms with Crippen LogP contribution in [0.25, 0.3) is 5.82 Å². The van der Waals surface area contributed by atoms with Crippen LogP contribution in [0.2, 0.25) is 0 Å². The van der Waals surface area contributed by atoms with Crippen LogP contribution in [0, 0.1) is 25.5 Å². The molecule has 32 heavy (non-hydrogen) atoms. The number of ether oxygens (including phenoxy) is 1. The predicted octanol–water partition coefficient (Wildman–Crippen LogP) is 4.99.